The highest BCUT2D eigenvalue weighted by Crippen LogP contribution is 2.31. The number of ether oxygens (including phenoxy) is 2. The number of hydrogen-bond acceptors (Lipinski definition) is 6. The summed E-state index contributed by atoms with van der Waals surface area (Å²) in [5.74, 6) is 0.226. The quantitative estimate of drug-likeness (QED) is 0.326. The maximum atomic E-state index is 13.1. The molecule has 3 N–H and O–H groups in total. The van der Waals surface area contributed by atoms with Crippen LogP contribution in [0.2, 0.25) is 0 Å². The Balaban J connectivity index is 0.00000158. The molecule has 0 aromatic heterocycles. The molecule has 1 aliphatic carbocycles. The van der Waals surface area contributed by atoms with Crippen molar-refractivity contribution in [2.75, 3.05) is 13.2 Å². The maximum Gasteiger partial charge on any atom is 0.252 e. The van der Waals surface area contributed by atoms with Crippen LogP contribution >= 0.6 is 0 Å². The van der Waals surface area contributed by atoms with Crippen molar-refractivity contribution in [2.45, 2.75) is 58.4 Å². The van der Waals surface area contributed by atoms with E-state index < -0.39 is 17.9 Å². The van der Waals surface area contributed by atoms with Crippen molar-refractivity contribution in [2.24, 2.45) is 0 Å². The summed E-state index contributed by atoms with van der Waals surface area (Å²) in [6.07, 6.45) is 4.69. The van der Waals surface area contributed by atoms with Crippen LogP contribution in [0.3, 0.4) is 0 Å². The highest BCUT2D eigenvalue weighted by molar-refractivity contribution is 6.02. The van der Waals surface area contributed by atoms with Gasteiger partial charge in [-0.05, 0) is 67.0 Å². The molecule has 1 aliphatic heterocycles. The summed E-state index contributed by atoms with van der Waals surface area (Å²) in [6.45, 7) is 4.94. The standard InChI is InChI=1S/C24H26N2O6.C2H6/c27-14-20-18-4-2-1-3-16(18)6-7-19(20)24(29)25-17(13-23(28)26-30)11-15-5-8-21-22(12-15)32-10-9-31-21;1-2/h5-8,12,14,17,30H,1-4,9-11,13H2,(H,25,29)(H,26,28);1-2H3. The van der Waals surface area contributed by atoms with E-state index in [9.17, 15) is 14.4 Å². The van der Waals surface area contributed by atoms with Crippen molar-refractivity contribution in [1.29, 1.82) is 0 Å². The summed E-state index contributed by atoms with van der Waals surface area (Å²) in [6, 6.07) is 8.44. The third kappa shape index (κ3) is 5.94. The molecule has 8 heteroatoms. The van der Waals surface area contributed by atoms with Gasteiger partial charge in [-0.25, -0.2) is 5.48 Å². The van der Waals surface area contributed by atoms with E-state index >= 15 is 0 Å². The van der Waals surface area contributed by atoms with E-state index in [0.717, 1.165) is 48.7 Å². The number of aryl methyl sites for hydroxylation is 1. The summed E-state index contributed by atoms with van der Waals surface area (Å²) < 4.78 is 11.1. The Morgan fingerprint density at radius 2 is 1.79 bits per heavy atom. The first-order valence-corrected chi connectivity index (χ1v) is 11.8. The highest BCUT2D eigenvalue weighted by Gasteiger charge is 2.23. The normalized spacial score (nSPS) is 14.6. The van der Waals surface area contributed by atoms with Crippen LogP contribution in [-0.2, 0) is 24.1 Å². The molecule has 0 radical (unpaired) electrons. The van der Waals surface area contributed by atoms with E-state index in [4.69, 9.17) is 14.7 Å². The Hall–Kier alpha value is -3.39. The molecule has 2 aromatic rings. The third-order valence-corrected chi connectivity index (χ3v) is 5.92. The van der Waals surface area contributed by atoms with Crippen LogP contribution < -0.4 is 20.3 Å². The van der Waals surface area contributed by atoms with E-state index in [1.54, 1.807) is 17.6 Å². The number of hydroxylamine groups is 1. The number of hydrogen-bond donors (Lipinski definition) is 3. The van der Waals surface area contributed by atoms with Gasteiger partial charge in [0.2, 0.25) is 5.91 Å². The first-order valence-electron chi connectivity index (χ1n) is 11.8. The molecule has 2 aliphatic rings. The van der Waals surface area contributed by atoms with Crippen molar-refractivity contribution in [3.63, 3.8) is 0 Å². The van der Waals surface area contributed by atoms with Crippen LogP contribution in [0.25, 0.3) is 0 Å². The largest absolute Gasteiger partial charge is 0.486 e. The number of amides is 2. The number of nitrogens with one attached hydrogen (secondary N) is 2. The molecule has 4 rings (SSSR count). The summed E-state index contributed by atoms with van der Waals surface area (Å²) >= 11 is 0. The first kappa shape index (κ1) is 25.2. The van der Waals surface area contributed by atoms with Gasteiger partial charge < -0.3 is 14.8 Å². The molecular weight excluding hydrogens is 436 g/mol. The molecule has 1 atom stereocenters. The van der Waals surface area contributed by atoms with Gasteiger partial charge in [-0.2, -0.15) is 0 Å². The number of carbonyl (C=O) groups is 3. The zero-order chi connectivity index (χ0) is 24.5. The minimum absolute atomic E-state index is 0.127. The topological polar surface area (TPSA) is 114 Å². The van der Waals surface area contributed by atoms with Crippen LogP contribution in [0.1, 0.15) is 70.5 Å². The molecule has 0 spiro atoms. The fourth-order valence-corrected chi connectivity index (χ4v) is 4.40. The number of fused-ring (bicyclic) bond motifs is 2. The predicted molar refractivity (Wildman–Crippen MR) is 127 cm³/mol. The molecule has 0 fully saturated rings. The van der Waals surface area contributed by atoms with Gasteiger partial charge in [0.05, 0.1) is 5.56 Å². The summed E-state index contributed by atoms with van der Waals surface area (Å²) in [4.78, 5) is 36.8. The van der Waals surface area contributed by atoms with E-state index in [0.29, 0.717) is 42.3 Å². The highest BCUT2D eigenvalue weighted by atomic mass is 16.6. The van der Waals surface area contributed by atoms with Gasteiger partial charge in [0.1, 0.15) is 13.2 Å². The summed E-state index contributed by atoms with van der Waals surface area (Å²) in [7, 11) is 0. The van der Waals surface area contributed by atoms with Crippen LogP contribution in [0.5, 0.6) is 11.5 Å². The second kappa shape index (κ2) is 12.2. The smallest absolute Gasteiger partial charge is 0.252 e. The molecule has 2 aromatic carbocycles. The number of rotatable bonds is 7. The minimum Gasteiger partial charge on any atom is -0.486 e. The third-order valence-electron chi connectivity index (χ3n) is 5.92. The molecule has 0 saturated carbocycles. The summed E-state index contributed by atoms with van der Waals surface area (Å²) in [5, 5.41) is 11.8. The lowest BCUT2D eigenvalue weighted by molar-refractivity contribution is -0.129. The lowest BCUT2D eigenvalue weighted by Gasteiger charge is -2.23. The average molecular weight is 469 g/mol. The SMILES string of the molecule is CC.O=Cc1c(C(=O)NC(CC(=O)NO)Cc2ccc3c(c2)OCCO3)ccc2c1CCCC2. The van der Waals surface area contributed by atoms with Gasteiger partial charge in [0, 0.05) is 18.0 Å². The average Bonchev–Trinajstić information content (AvgIpc) is 2.88. The molecule has 182 valence electrons. The Kier molecular flexibility index (Phi) is 9.04. The van der Waals surface area contributed by atoms with Crippen LogP contribution in [0.4, 0.5) is 0 Å². The molecule has 0 bridgehead atoms. The van der Waals surface area contributed by atoms with E-state index in [1.807, 2.05) is 32.0 Å². The molecule has 34 heavy (non-hydrogen) atoms. The van der Waals surface area contributed by atoms with Gasteiger partial charge in [-0.1, -0.05) is 26.0 Å². The Morgan fingerprint density at radius 3 is 2.53 bits per heavy atom. The van der Waals surface area contributed by atoms with Crippen molar-refractivity contribution in [3.8, 4) is 11.5 Å². The van der Waals surface area contributed by atoms with Gasteiger partial charge in [0.15, 0.2) is 17.8 Å². The second-order valence-electron chi connectivity index (χ2n) is 8.08. The molecule has 8 nitrogen and oxygen atoms in total. The van der Waals surface area contributed by atoms with Crippen molar-refractivity contribution >= 4 is 18.1 Å². The van der Waals surface area contributed by atoms with E-state index in [2.05, 4.69) is 5.32 Å². The minimum atomic E-state index is -0.617. The molecule has 2 amide bonds. The zero-order valence-electron chi connectivity index (χ0n) is 19.7. The van der Waals surface area contributed by atoms with Crippen LogP contribution in [0, 0.1) is 0 Å². The first-order chi connectivity index (χ1) is 16.6. The Labute approximate surface area is 199 Å². The van der Waals surface area contributed by atoms with Crippen LogP contribution in [0.15, 0.2) is 30.3 Å². The number of carbonyl (C=O) groups excluding carboxylic acids is 3. The Morgan fingerprint density at radius 1 is 1.06 bits per heavy atom. The van der Waals surface area contributed by atoms with E-state index in [-0.39, 0.29) is 6.42 Å². The fourth-order valence-electron chi connectivity index (χ4n) is 4.40. The Bertz CT molecular complexity index is 1040. The summed E-state index contributed by atoms with van der Waals surface area (Å²) in [5.41, 5.74) is 5.23. The number of benzene rings is 2. The maximum absolute atomic E-state index is 13.1. The monoisotopic (exact) mass is 468 g/mol. The number of aldehydes is 1. The fraction of sp³-hybridized carbons (Fsp3) is 0.423. The van der Waals surface area contributed by atoms with Crippen LogP contribution in [-0.4, -0.2) is 42.6 Å². The van der Waals surface area contributed by atoms with Gasteiger partial charge in [0.25, 0.3) is 5.91 Å². The predicted octanol–water partition coefficient (Wildman–Crippen LogP) is 3.41. The van der Waals surface area contributed by atoms with Crippen molar-refractivity contribution in [3.05, 3.63) is 58.1 Å². The lowest BCUT2D eigenvalue weighted by atomic mass is 9.86. The van der Waals surface area contributed by atoms with Gasteiger partial charge in [-0.15, -0.1) is 0 Å². The van der Waals surface area contributed by atoms with Gasteiger partial charge >= 0.3 is 0 Å². The van der Waals surface area contributed by atoms with E-state index in [1.165, 1.54) is 0 Å². The molecular formula is C26H32N2O6. The second-order valence-corrected chi connectivity index (χ2v) is 8.08. The molecule has 0 saturated heterocycles. The lowest BCUT2D eigenvalue weighted by Crippen LogP contribution is -2.40. The van der Waals surface area contributed by atoms with Gasteiger partial charge in [-0.3, -0.25) is 19.6 Å². The van der Waals surface area contributed by atoms with Crippen molar-refractivity contribution < 1.29 is 29.1 Å². The van der Waals surface area contributed by atoms with Crippen molar-refractivity contribution in [1.82, 2.24) is 10.8 Å². The molecule has 1 unspecified atom stereocenters. The molecule has 1 heterocycles. The zero-order valence-corrected chi connectivity index (χ0v) is 19.7.